The number of hydrogen-bond donors (Lipinski definition) is 2. The van der Waals surface area contributed by atoms with Gasteiger partial charge in [-0.2, -0.15) is 0 Å². The van der Waals surface area contributed by atoms with Gasteiger partial charge in [-0.05, 0) is 13.8 Å². The first kappa shape index (κ1) is 18.9. The molecule has 0 aromatic heterocycles. The predicted octanol–water partition coefficient (Wildman–Crippen LogP) is 0.766. The Balaban J connectivity index is 2.26. The Morgan fingerprint density at radius 2 is 1.64 bits per heavy atom. The van der Waals surface area contributed by atoms with Gasteiger partial charge in [-0.15, -0.1) is 0 Å². The molecule has 0 aliphatic carbocycles. The minimum atomic E-state index is -0.422. The van der Waals surface area contributed by atoms with Gasteiger partial charge in [-0.3, -0.25) is 14.5 Å². The number of carbonyl (C=O) groups is 2. The highest BCUT2D eigenvalue weighted by molar-refractivity contribution is 5.82. The molecule has 0 unspecified atom stereocenters. The maximum Gasteiger partial charge on any atom is 0.225 e. The number of carbonyl (C=O) groups excluding carboxylic acids is 2. The largest absolute Gasteiger partial charge is 0.379 e. The van der Waals surface area contributed by atoms with Gasteiger partial charge in [0.2, 0.25) is 11.8 Å². The van der Waals surface area contributed by atoms with Gasteiger partial charge in [0.1, 0.15) is 0 Å². The first-order valence-corrected chi connectivity index (χ1v) is 8.01. The fourth-order valence-electron chi connectivity index (χ4n) is 2.24. The summed E-state index contributed by atoms with van der Waals surface area (Å²) in [6.45, 7) is 14.1. The third-order valence-electron chi connectivity index (χ3n) is 3.90. The van der Waals surface area contributed by atoms with Crippen LogP contribution in [0.25, 0.3) is 0 Å². The normalized spacial score (nSPS) is 17.1. The molecule has 2 amide bonds. The standard InChI is InChI=1S/C16H31N3O3/c1-15(2,3)14(21)17-7-6-13(20)18-12-16(4,5)19-8-10-22-11-9-19/h6-12H2,1-5H3,(H,17,21)(H,18,20). The average Bonchev–Trinajstić information content (AvgIpc) is 2.45. The summed E-state index contributed by atoms with van der Waals surface area (Å²) in [5, 5.41) is 5.75. The van der Waals surface area contributed by atoms with E-state index in [9.17, 15) is 9.59 Å². The Hall–Kier alpha value is -1.14. The minimum absolute atomic E-state index is 0.0319. The van der Waals surface area contributed by atoms with Crippen LogP contribution in [0.1, 0.15) is 41.0 Å². The fourth-order valence-corrected chi connectivity index (χ4v) is 2.24. The second-order valence-electron chi connectivity index (χ2n) is 7.44. The molecule has 128 valence electrons. The molecular formula is C16H31N3O3. The zero-order chi connectivity index (χ0) is 16.8. The molecule has 0 aromatic carbocycles. The Kier molecular flexibility index (Phi) is 6.81. The molecule has 0 bridgehead atoms. The van der Waals surface area contributed by atoms with Gasteiger partial charge >= 0.3 is 0 Å². The van der Waals surface area contributed by atoms with Crippen LogP contribution in [0.3, 0.4) is 0 Å². The number of rotatable bonds is 6. The molecule has 1 fully saturated rings. The lowest BCUT2D eigenvalue weighted by Gasteiger charge is -2.40. The molecular weight excluding hydrogens is 282 g/mol. The Morgan fingerprint density at radius 1 is 1.05 bits per heavy atom. The molecule has 1 aliphatic heterocycles. The molecule has 1 saturated heterocycles. The van der Waals surface area contributed by atoms with Crippen molar-refractivity contribution in [3.63, 3.8) is 0 Å². The molecule has 6 heteroatoms. The first-order chi connectivity index (χ1) is 10.1. The van der Waals surface area contributed by atoms with E-state index in [0.29, 0.717) is 19.5 Å². The monoisotopic (exact) mass is 313 g/mol. The third kappa shape index (κ3) is 6.32. The number of nitrogens with one attached hydrogen (secondary N) is 2. The number of morpholine rings is 1. The van der Waals surface area contributed by atoms with Crippen LogP contribution in [-0.2, 0) is 14.3 Å². The maximum absolute atomic E-state index is 11.9. The smallest absolute Gasteiger partial charge is 0.225 e. The molecule has 0 spiro atoms. The third-order valence-corrected chi connectivity index (χ3v) is 3.90. The van der Waals surface area contributed by atoms with E-state index < -0.39 is 5.41 Å². The molecule has 1 heterocycles. The Morgan fingerprint density at radius 3 is 2.18 bits per heavy atom. The van der Waals surface area contributed by atoms with E-state index in [4.69, 9.17) is 4.74 Å². The van der Waals surface area contributed by atoms with Crippen LogP contribution >= 0.6 is 0 Å². The summed E-state index contributed by atoms with van der Waals surface area (Å²) in [7, 11) is 0. The van der Waals surface area contributed by atoms with Gasteiger partial charge in [-0.1, -0.05) is 20.8 Å². The van der Waals surface area contributed by atoms with Crippen LogP contribution in [0.15, 0.2) is 0 Å². The van der Waals surface area contributed by atoms with Crippen molar-refractivity contribution >= 4 is 11.8 Å². The quantitative estimate of drug-likeness (QED) is 0.760. The molecule has 0 atom stereocenters. The lowest BCUT2D eigenvalue weighted by Crippen LogP contribution is -2.55. The van der Waals surface area contributed by atoms with Crippen molar-refractivity contribution in [2.45, 2.75) is 46.6 Å². The van der Waals surface area contributed by atoms with Gasteiger partial charge in [0.05, 0.1) is 13.2 Å². The van der Waals surface area contributed by atoms with Crippen LogP contribution in [0.2, 0.25) is 0 Å². The van der Waals surface area contributed by atoms with Crippen LogP contribution in [0.5, 0.6) is 0 Å². The van der Waals surface area contributed by atoms with E-state index in [1.807, 2.05) is 20.8 Å². The van der Waals surface area contributed by atoms with Crippen LogP contribution in [0.4, 0.5) is 0 Å². The first-order valence-electron chi connectivity index (χ1n) is 8.01. The van der Waals surface area contributed by atoms with E-state index >= 15 is 0 Å². The van der Waals surface area contributed by atoms with Gasteiger partial charge in [0, 0.05) is 43.6 Å². The number of amides is 2. The molecule has 6 nitrogen and oxygen atoms in total. The van der Waals surface area contributed by atoms with Crippen molar-refractivity contribution in [1.82, 2.24) is 15.5 Å². The summed E-state index contributed by atoms with van der Waals surface area (Å²) in [6, 6.07) is 0. The zero-order valence-electron chi connectivity index (χ0n) is 14.6. The highest BCUT2D eigenvalue weighted by Crippen LogP contribution is 2.15. The fraction of sp³-hybridized carbons (Fsp3) is 0.875. The summed E-state index contributed by atoms with van der Waals surface area (Å²) < 4.78 is 5.35. The predicted molar refractivity (Wildman–Crippen MR) is 86.6 cm³/mol. The summed E-state index contributed by atoms with van der Waals surface area (Å²) in [6.07, 6.45) is 0.307. The van der Waals surface area contributed by atoms with Crippen molar-refractivity contribution in [3.05, 3.63) is 0 Å². The number of nitrogens with zero attached hydrogens (tertiary/aromatic N) is 1. The van der Waals surface area contributed by atoms with Crippen LogP contribution in [-0.4, -0.2) is 61.6 Å². The Bertz CT molecular complexity index is 383. The van der Waals surface area contributed by atoms with Crippen molar-refractivity contribution in [3.8, 4) is 0 Å². The van der Waals surface area contributed by atoms with Crippen LogP contribution in [0, 0.1) is 5.41 Å². The van der Waals surface area contributed by atoms with Gasteiger partial charge < -0.3 is 15.4 Å². The molecule has 0 aromatic rings. The zero-order valence-corrected chi connectivity index (χ0v) is 14.6. The maximum atomic E-state index is 11.9. The molecule has 0 radical (unpaired) electrons. The van der Waals surface area contributed by atoms with Crippen molar-refractivity contribution < 1.29 is 14.3 Å². The van der Waals surface area contributed by atoms with E-state index in [1.54, 1.807) is 0 Å². The van der Waals surface area contributed by atoms with Crippen molar-refractivity contribution in [2.75, 3.05) is 39.4 Å². The highest BCUT2D eigenvalue weighted by atomic mass is 16.5. The summed E-state index contributed by atoms with van der Waals surface area (Å²) in [4.78, 5) is 25.9. The molecule has 2 N–H and O–H groups in total. The second-order valence-corrected chi connectivity index (χ2v) is 7.44. The summed E-state index contributed by atoms with van der Waals surface area (Å²) in [5.74, 6) is -0.0653. The molecule has 1 aliphatic rings. The summed E-state index contributed by atoms with van der Waals surface area (Å²) in [5.41, 5.74) is -0.511. The van der Waals surface area contributed by atoms with Crippen LogP contribution < -0.4 is 10.6 Å². The highest BCUT2D eigenvalue weighted by Gasteiger charge is 2.28. The topological polar surface area (TPSA) is 70.7 Å². The average molecular weight is 313 g/mol. The number of ether oxygens (including phenoxy) is 1. The minimum Gasteiger partial charge on any atom is -0.379 e. The molecule has 22 heavy (non-hydrogen) atoms. The summed E-state index contributed by atoms with van der Waals surface area (Å²) >= 11 is 0. The molecule has 1 rings (SSSR count). The van der Waals surface area contributed by atoms with E-state index in [1.165, 1.54) is 0 Å². The van der Waals surface area contributed by atoms with Crippen molar-refractivity contribution in [1.29, 1.82) is 0 Å². The van der Waals surface area contributed by atoms with Gasteiger partial charge in [-0.25, -0.2) is 0 Å². The molecule has 0 saturated carbocycles. The van der Waals surface area contributed by atoms with Crippen molar-refractivity contribution in [2.24, 2.45) is 5.41 Å². The van der Waals surface area contributed by atoms with Gasteiger partial charge in [0.15, 0.2) is 0 Å². The van der Waals surface area contributed by atoms with E-state index in [-0.39, 0.29) is 17.4 Å². The van der Waals surface area contributed by atoms with Gasteiger partial charge in [0.25, 0.3) is 0 Å². The SMILES string of the molecule is CC(C)(C)C(=O)NCCC(=O)NCC(C)(C)N1CCOCC1. The Labute approximate surface area is 134 Å². The van der Waals surface area contributed by atoms with E-state index in [2.05, 4.69) is 29.4 Å². The lowest BCUT2D eigenvalue weighted by molar-refractivity contribution is -0.128. The second kappa shape index (κ2) is 7.92. The lowest BCUT2D eigenvalue weighted by atomic mass is 9.96. The number of hydrogen-bond acceptors (Lipinski definition) is 4. The van der Waals surface area contributed by atoms with E-state index in [0.717, 1.165) is 26.3 Å².